The third kappa shape index (κ3) is 3.84. The Morgan fingerprint density at radius 1 is 1.11 bits per heavy atom. The fourth-order valence-electron chi connectivity index (χ4n) is 4.58. The van der Waals surface area contributed by atoms with Gasteiger partial charge in [0.2, 0.25) is 11.8 Å². The Labute approximate surface area is 166 Å². The van der Waals surface area contributed by atoms with Gasteiger partial charge in [0, 0.05) is 18.8 Å². The van der Waals surface area contributed by atoms with Crippen LogP contribution in [0, 0.1) is 5.92 Å². The maximum absolute atomic E-state index is 13.3. The van der Waals surface area contributed by atoms with E-state index in [2.05, 4.69) is 24.4 Å². The maximum atomic E-state index is 13.3. The van der Waals surface area contributed by atoms with E-state index >= 15 is 0 Å². The average molecular weight is 380 g/mol. The summed E-state index contributed by atoms with van der Waals surface area (Å²) < 4.78 is 1.91. The van der Waals surface area contributed by atoms with Crippen LogP contribution in [-0.4, -0.2) is 33.9 Å². The Morgan fingerprint density at radius 2 is 1.89 bits per heavy atom. The summed E-state index contributed by atoms with van der Waals surface area (Å²) in [5.74, 6) is 0.456. The fraction of sp³-hybridized carbons (Fsp3) is 0.478. The minimum Gasteiger partial charge on any atom is -0.351 e. The number of hydrogen-bond acceptors (Lipinski definition) is 2. The van der Waals surface area contributed by atoms with Crippen molar-refractivity contribution >= 4 is 11.8 Å². The lowest BCUT2D eigenvalue weighted by molar-refractivity contribution is -0.144. The molecule has 0 spiro atoms. The lowest BCUT2D eigenvalue weighted by Crippen LogP contribution is -2.52. The van der Waals surface area contributed by atoms with Crippen LogP contribution in [0.3, 0.4) is 0 Å². The molecule has 1 saturated carbocycles. The monoisotopic (exact) mass is 379 g/mol. The molecule has 28 heavy (non-hydrogen) atoms. The van der Waals surface area contributed by atoms with Gasteiger partial charge in [0.05, 0.1) is 5.69 Å². The Hall–Kier alpha value is -2.56. The Morgan fingerprint density at radius 3 is 2.68 bits per heavy atom. The minimum absolute atomic E-state index is 0.0106. The average Bonchev–Trinajstić information content (AvgIpc) is 3.16. The molecule has 1 aliphatic heterocycles. The minimum atomic E-state index is -0.547. The van der Waals surface area contributed by atoms with Crippen molar-refractivity contribution in [2.45, 2.75) is 57.7 Å². The molecule has 2 heterocycles. The number of carbonyl (C=O) groups excluding carboxylic acids is 2. The van der Waals surface area contributed by atoms with Gasteiger partial charge in [0.25, 0.3) is 0 Å². The molecule has 3 atom stereocenters. The normalized spacial score (nSPS) is 24.7. The number of benzene rings is 1. The molecule has 2 aliphatic rings. The molecule has 148 valence electrons. The van der Waals surface area contributed by atoms with Crippen LogP contribution in [0.5, 0.6) is 0 Å². The number of carbonyl (C=O) groups is 2. The van der Waals surface area contributed by atoms with Crippen LogP contribution in [-0.2, 0) is 22.6 Å². The quantitative estimate of drug-likeness (QED) is 0.867. The van der Waals surface area contributed by atoms with E-state index in [1.54, 1.807) is 4.90 Å². The molecule has 1 aliphatic carbocycles. The van der Waals surface area contributed by atoms with E-state index in [-0.39, 0.29) is 17.9 Å². The molecule has 2 amide bonds. The first-order valence-corrected chi connectivity index (χ1v) is 10.4. The van der Waals surface area contributed by atoms with Crippen LogP contribution >= 0.6 is 0 Å². The topological polar surface area (TPSA) is 54.3 Å². The number of hydrogen-bond donors (Lipinski definition) is 1. The zero-order chi connectivity index (χ0) is 19.5. The van der Waals surface area contributed by atoms with Gasteiger partial charge in [-0.05, 0) is 42.9 Å². The molecule has 4 rings (SSSR count). The highest BCUT2D eigenvalue weighted by atomic mass is 16.2. The molecule has 0 radical (unpaired) electrons. The summed E-state index contributed by atoms with van der Waals surface area (Å²) in [6, 6.07) is 13.7. The van der Waals surface area contributed by atoms with Gasteiger partial charge in [0.15, 0.2) is 6.04 Å². The summed E-state index contributed by atoms with van der Waals surface area (Å²) in [6.45, 7) is 3.07. The third-order valence-corrected chi connectivity index (χ3v) is 6.25. The van der Waals surface area contributed by atoms with E-state index in [4.69, 9.17) is 0 Å². The zero-order valence-corrected chi connectivity index (χ0v) is 16.5. The largest absolute Gasteiger partial charge is 0.351 e. The Balaban J connectivity index is 1.54. The van der Waals surface area contributed by atoms with E-state index in [1.165, 1.54) is 12.0 Å². The standard InChI is InChI=1S/C23H29N3O2/c1-17-8-5-6-11-19(17)24-23(28)22-20-12-7-14-25(20)16-21(27)26(22)15-13-18-9-3-2-4-10-18/h2-4,7,9-10,12,14,17,19,22H,5-6,8,11,13,15-16H2,1H3,(H,24,28). The lowest BCUT2D eigenvalue weighted by Gasteiger charge is -2.38. The Bertz CT molecular complexity index is 829. The summed E-state index contributed by atoms with van der Waals surface area (Å²) in [5.41, 5.74) is 2.09. The molecular formula is C23H29N3O2. The molecular weight excluding hydrogens is 350 g/mol. The molecule has 1 aromatic heterocycles. The summed E-state index contributed by atoms with van der Waals surface area (Å²) in [5, 5.41) is 3.27. The second kappa shape index (κ2) is 8.21. The number of nitrogens with zero attached hydrogens (tertiary/aromatic N) is 2. The second-order valence-electron chi connectivity index (χ2n) is 8.16. The molecule has 5 heteroatoms. The van der Waals surface area contributed by atoms with Crippen molar-refractivity contribution in [2.75, 3.05) is 6.54 Å². The van der Waals surface area contributed by atoms with Crippen molar-refractivity contribution in [2.24, 2.45) is 5.92 Å². The van der Waals surface area contributed by atoms with Crippen molar-refractivity contribution in [3.8, 4) is 0 Å². The first kappa shape index (κ1) is 18.8. The molecule has 3 unspecified atom stereocenters. The number of rotatable bonds is 5. The van der Waals surface area contributed by atoms with Gasteiger partial charge in [-0.2, -0.15) is 0 Å². The van der Waals surface area contributed by atoms with Crippen molar-refractivity contribution in [3.63, 3.8) is 0 Å². The molecule has 1 N–H and O–H groups in total. The number of aromatic nitrogens is 1. The second-order valence-corrected chi connectivity index (χ2v) is 8.16. The van der Waals surface area contributed by atoms with Crippen LogP contribution < -0.4 is 5.32 Å². The molecule has 2 aromatic rings. The van der Waals surface area contributed by atoms with Gasteiger partial charge in [-0.15, -0.1) is 0 Å². The fourth-order valence-corrected chi connectivity index (χ4v) is 4.58. The van der Waals surface area contributed by atoms with Gasteiger partial charge < -0.3 is 14.8 Å². The molecule has 1 aromatic carbocycles. The van der Waals surface area contributed by atoms with Crippen LogP contribution in [0.15, 0.2) is 48.7 Å². The van der Waals surface area contributed by atoms with Crippen molar-refractivity contribution in [1.82, 2.24) is 14.8 Å². The van der Waals surface area contributed by atoms with Crippen molar-refractivity contribution in [1.29, 1.82) is 0 Å². The number of nitrogens with one attached hydrogen (secondary N) is 1. The Kier molecular flexibility index (Phi) is 5.51. The van der Waals surface area contributed by atoms with E-state index in [0.717, 1.165) is 31.4 Å². The van der Waals surface area contributed by atoms with E-state index in [0.29, 0.717) is 19.0 Å². The lowest BCUT2D eigenvalue weighted by atomic mass is 9.85. The summed E-state index contributed by atoms with van der Waals surface area (Å²) in [4.78, 5) is 28.0. The highest BCUT2D eigenvalue weighted by Gasteiger charge is 2.38. The molecule has 0 saturated heterocycles. The van der Waals surface area contributed by atoms with Gasteiger partial charge in [-0.1, -0.05) is 50.1 Å². The summed E-state index contributed by atoms with van der Waals surface area (Å²) in [7, 11) is 0. The highest BCUT2D eigenvalue weighted by Crippen LogP contribution is 2.29. The number of amides is 2. The van der Waals surface area contributed by atoms with Crippen molar-refractivity contribution in [3.05, 3.63) is 59.9 Å². The molecule has 1 fully saturated rings. The predicted octanol–water partition coefficient (Wildman–Crippen LogP) is 3.31. The van der Waals surface area contributed by atoms with Gasteiger partial charge in [0.1, 0.15) is 6.54 Å². The predicted molar refractivity (Wildman–Crippen MR) is 109 cm³/mol. The van der Waals surface area contributed by atoms with Crippen LogP contribution in [0.25, 0.3) is 0 Å². The van der Waals surface area contributed by atoms with E-state index in [1.807, 2.05) is 41.1 Å². The molecule has 0 bridgehead atoms. The zero-order valence-electron chi connectivity index (χ0n) is 16.5. The van der Waals surface area contributed by atoms with Gasteiger partial charge >= 0.3 is 0 Å². The molecule has 5 nitrogen and oxygen atoms in total. The van der Waals surface area contributed by atoms with Crippen LogP contribution in [0.4, 0.5) is 0 Å². The SMILES string of the molecule is CC1CCCCC1NC(=O)C1c2cccn2CC(=O)N1CCc1ccccc1. The van der Waals surface area contributed by atoms with E-state index < -0.39 is 6.04 Å². The van der Waals surface area contributed by atoms with Crippen molar-refractivity contribution < 1.29 is 9.59 Å². The first-order chi connectivity index (χ1) is 13.6. The third-order valence-electron chi connectivity index (χ3n) is 6.25. The summed E-state index contributed by atoms with van der Waals surface area (Å²) in [6.07, 6.45) is 7.22. The first-order valence-electron chi connectivity index (χ1n) is 10.4. The van der Waals surface area contributed by atoms with Gasteiger partial charge in [-0.25, -0.2) is 0 Å². The van der Waals surface area contributed by atoms with Crippen LogP contribution in [0.1, 0.15) is 49.9 Å². The van der Waals surface area contributed by atoms with Gasteiger partial charge in [-0.3, -0.25) is 9.59 Å². The smallest absolute Gasteiger partial charge is 0.249 e. The van der Waals surface area contributed by atoms with E-state index in [9.17, 15) is 9.59 Å². The highest BCUT2D eigenvalue weighted by molar-refractivity contribution is 5.90. The number of fused-ring (bicyclic) bond motifs is 1. The maximum Gasteiger partial charge on any atom is 0.249 e. The van der Waals surface area contributed by atoms with Crippen LogP contribution in [0.2, 0.25) is 0 Å². The summed E-state index contributed by atoms with van der Waals surface area (Å²) >= 11 is 0.